The molecule has 2 aromatic heterocycles. The van der Waals surface area contributed by atoms with Crippen molar-refractivity contribution in [3.63, 3.8) is 0 Å². The Bertz CT molecular complexity index is 877. The fourth-order valence-corrected chi connectivity index (χ4v) is 3.26. The maximum atomic E-state index is 12.1. The van der Waals surface area contributed by atoms with Gasteiger partial charge in [0.1, 0.15) is 5.75 Å². The van der Waals surface area contributed by atoms with Crippen LogP contribution < -0.4 is 5.56 Å². The number of aromatic hydroxyl groups is 1. The maximum Gasteiger partial charge on any atom is 0.258 e. The smallest absolute Gasteiger partial charge is 0.258 e. The highest BCUT2D eigenvalue weighted by Crippen LogP contribution is 2.27. The van der Waals surface area contributed by atoms with Crippen LogP contribution in [0, 0.1) is 20.8 Å². The topological polar surface area (TPSA) is 55.1 Å². The number of rotatable bonds is 1. The lowest BCUT2D eigenvalue weighted by molar-refractivity contribution is 0.472. The van der Waals surface area contributed by atoms with Gasteiger partial charge in [-0.05, 0) is 44.5 Å². The summed E-state index contributed by atoms with van der Waals surface area (Å²) in [6.45, 7) is 5.74. The molecule has 3 rings (SSSR count). The summed E-state index contributed by atoms with van der Waals surface area (Å²) in [7, 11) is 0. The SMILES string of the molecule is Cc1nc2cc(C)c(-n3c(C)cc(O)cc3=O)cc2s1. The van der Waals surface area contributed by atoms with Gasteiger partial charge in [-0.15, -0.1) is 11.3 Å². The Labute approximate surface area is 120 Å². The first-order valence-corrected chi connectivity index (χ1v) is 7.08. The quantitative estimate of drug-likeness (QED) is 0.748. The molecule has 1 aromatic carbocycles. The van der Waals surface area contributed by atoms with Crippen LogP contribution in [0.5, 0.6) is 5.75 Å². The molecule has 0 saturated heterocycles. The molecule has 0 amide bonds. The first-order chi connectivity index (χ1) is 9.45. The number of aromatic nitrogens is 2. The fourth-order valence-electron chi connectivity index (χ4n) is 2.42. The van der Waals surface area contributed by atoms with Crippen LogP contribution in [0.4, 0.5) is 0 Å². The molecule has 0 unspecified atom stereocenters. The molecule has 1 N–H and O–H groups in total. The Kier molecular flexibility index (Phi) is 2.87. The molecule has 0 aliphatic rings. The fraction of sp³-hybridized carbons (Fsp3) is 0.200. The summed E-state index contributed by atoms with van der Waals surface area (Å²) >= 11 is 1.61. The average molecular weight is 286 g/mol. The maximum absolute atomic E-state index is 12.1. The van der Waals surface area contributed by atoms with E-state index in [4.69, 9.17) is 0 Å². The largest absolute Gasteiger partial charge is 0.508 e. The molecule has 0 atom stereocenters. The van der Waals surface area contributed by atoms with E-state index in [1.165, 1.54) is 6.07 Å². The van der Waals surface area contributed by atoms with Crippen molar-refractivity contribution >= 4 is 21.6 Å². The van der Waals surface area contributed by atoms with E-state index in [9.17, 15) is 9.90 Å². The van der Waals surface area contributed by atoms with Gasteiger partial charge in [-0.2, -0.15) is 0 Å². The molecule has 0 spiro atoms. The average Bonchev–Trinajstić information content (AvgIpc) is 2.67. The summed E-state index contributed by atoms with van der Waals surface area (Å²) in [6, 6.07) is 6.80. The summed E-state index contributed by atoms with van der Waals surface area (Å²) in [4.78, 5) is 16.6. The molecule has 0 aliphatic heterocycles. The minimum atomic E-state index is -0.230. The van der Waals surface area contributed by atoms with Gasteiger partial charge in [0, 0.05) is 11.8 Å². The Morgan fingerprint density at radius 2 is 1.90 bits per heavy atom. The first kappa shape index (κ1) is 12.9. The normalized spacial score (nSPS) is 11.2. The van der Waals surface area contributed by atoms with E-state index in [0.717, 1.165) is 26.5 Å². The second kappa shape index (κ2) is 4.45. The Morgan fingerprint density at radius 3 is 2.60 bits per heavy atom. The number of benzene rings is 1. The van der Waals surface area contributed by atoms with Crippen LogP contribution in [0.2, 0.25) is 0 Å². The monoisotopic (exact) mass is 286 g/mol. The minimum Gasteiger partial charge on any atom is -0.508 e. The molecule has 0 bridgehead atoms. The third kappa shape index (κ3) is 2.00. The second-order valence-electron chi connectivity index (χ2n) is 4.87. The van der Waals surface area contributed by atoms with E-state index in [1.54, 1.807) is 22.0 Å². The molecular formula is C15H14N2O2S. The van der Waals surface area contributed by atoms with Crippen LogP contribution in [0.25, 0.3) is 15.9 Å². The number of hydrogen-bond donors (Lipinski definition) is 1. The summed E-state index contributed by atoms with van der Waals surface area (Å²) in [5.41, 5.74) is 3.26. The van der Waals surface area contributed by atoms with Crippen LogP contribution in [-0.2, 0) is 0 Å². The van der Waals surface area contributed by atoms with E-state index in [1.807, 2.05) is 32.9 Å². The second-order valence-corrected chi connectivity index (χ2v) is 6.10. The van der Waals surface area contributed by atoms with Gasteiger partial charge in [-0.1, -0.05) is 0 Å². The predicted molar refractivity (Wildman–Crippen MR) is 81.1 cm³/mol. The lowest BCUT2D eigenvalue weighted by Crippen LogP contribution is -2.19. The van der Waals surface area contributed by atoms with Crippen molar-refractivity contribution in [1.29, 1.82) is 0 Å². The van der Waals surface area contributed by atoms with E-state index < -0.39 is 0 Å². The van der Waals surface area contributed by atoms with Crippen LogP contribution in [0.15, 0.2) is 29.1 Å². The molecule has 5 heteroatoms. The highest BCUT2D eigenvalue weighted by atomic mass is 32.1. The van der Waals surface area contributed by atoms with Crippen molar-refractivity contribution in [2.45, 2.75) is 20.8 Å². The highest BCUT2D eigenvalue weighted by molar-refractivity contribution is 7.18. The van der Waals surface area contributed by atoms with E-state index in [0.29, 0.717) is 5.69 Å². The van der Waals surface area contributed by atoms with Gasteiger partial charge in [0.2, 0.25) is 0 Å². The molecular weight excluding hydrogens is 272 g/mol. The van der Waals surface area contributed by atoms with Crippen LogP contribution in [-0.4, -0.2) is 14.7 Å². The molecule has 0 saturated carbocycles. The van der Waals surface area contributed by atoms with E-state index in [2.05, 4.69) is 4.98 Å². The number of nitrogens with zero attached hydrogens (tertiary/aromatic N) is 2. The minimum absolute atomic E-state index is 0.00360. The van der Waals surface area contributed by atoms with Crippen molar-refractivity contribution in [2.24, 2.45) is 0 Å². The Hall–Kier alpha value is -2.14. The van der Waals surface area contributed by atoms with Crippen LogP contribution >= 0.6 is 11.3 Å². The van der Waals surface area contributed by atoms with Crippen molar-refractivity contribution in [1.82, 2.24) is 9.55 Å². The van der Waals surface area contributed by atoms with Crippen molar-refractivity contribution in [3.05, 3.63) is 50.9 Å². The van der Waals surface area contributed by atoms with Gasteiger partial charge in [0.25, 0.3) is 5.56 Å². The number of aryl methyl sites for hydroxylation is 3. The highest BCUT2D eigenvalue weighted by Gasteiger charge is 2.11. The van der Waals surface area contributed by atoms with E-state index in [-0.39, 0.29) is 11.3 Å². The van der Waals surface area contributed by atoms with E-state index >= 15 is 0 Å². The Balaban J connectivity index is 2.34. The summed E-state index contributed by atoms with van der Waals surface area (Å²) < 4.78 is 2.67. The number of fused-ring (bicyclic) bond motifs is 1. The molecule has 20 heavy (non-hydrogen) atoms. The van der Waals surface area contributed by atoms with Gasteiger partial charge >= 0.3 is 0 Å². The van der Waals surface area contributed by atoms with Crippen LogP contribution in [0.1, 0.15) is 16.3 Å². The number of hydrogen-bond acceptors (Lipinski definition) is 4. The number of pyridine rings is 1. The predicted octanol–water partition coefficient (Wildman–Crippen LogP) is 3.08. The number of thiazole rings is 1. The molecule has 102 valence electrons. The van der Waals surface area contributed by atoms with Gasteiger partial charge < -0.3 is 5.11 Å². The zero-order chi connectivity index (χ0) is 14.4. The lowest BCUT2D eigenvalue weighted by atomic mass is 10.1. The summed E-state index contributed by atoms with van der Waals surface area (Å²) in [5.74, 6) is -0.00360. The first-order valence-electron chi connectivity index (χ1n) is 6.26. The third-order valence-electron chi connectivity index (χ3n) is 3.26. The molecule has 4 nitrogen and oxygen atoms in total. The Morgan fingerprint density at radius 1 is 1.15 bits per heavy atom. The van der Waals surface area contributed by atoms with Gasteiger partial charge in [-0.3, -0.25) is 9.36 Å². The van der Waals surface area contributed by atoms with Crippen molar-refractivity contribution in [2.75, 3.05) is 0 Å². The zero-order valence-corrected chi connectivity index (χ0v) is 12.3. The van der Waals surface area contributed by atoms with Crippen LogP contribution in [0.3, 0.4) is 0 Å². The molecule has 0 fully saturated rings. The van der Waals surface area contributed by atoms with Gasteiger partial charge in [-0.25, -0.2) is 4.98 Å². The summed E-state index contributed by atoms with van der Waals surface area (Å²) in [5, 5.41) is 10.5. The zero-order valence-electron chi connectivity index (χ0n) is 11.5. The van der Waals surface area contributed by atoms with Crippen molar-refractivity contribution < 1.29 is 5.11 Å². The standard InChI is InChI=1S/C15H14N2O2S/c1-8-4-12-14(20-10(3)16-12)7-13(8)17-9(2)5-11(18)6-15(17)19/h4-7,18H,1-3H3. The van der Waals surface area contributed by atoms with Crippen molar-refractivity contribution in [3.8, 4) is 11.4 Å². The summed E-state index contributed by atoms with van der Waals surface area (Å²) in [6.07, 6.45) is 0. The molecule has 0 radical (unpaired) electrons. The molecule has 3 aromatic rings. The molecule has 0 aliphatic carbocycles. The lowest BCUT2D eigenvalue weighted by Gasteiger charge is -2.12. The molecule has 2 heterocycles. The third-order valence-corrected chi connectivity index (χ3v) is 4.19. The van der Waals surface area contributed by atoms with Gasteiger partial charge in [0.15, 0.2) is 0 Å². The van der Waals surface area contributed by atoms with Gasteiger partial charge in [0.05, 0.1) is 20.9 Å².